The van der Waals surface area contributed by atoms with Crippen LogP contribution < -0.4 is 15.4 Å². The number of aliphatic hydroxyl groups excluding tert-OH is 1. The largest absolute Gasteiger partial charge is 0.494 e. The molecule has 1 atom stereocenters. The molecule has 1 aliphatic heterocycles. The Kier molecular flexibility index (Phi) is 8.68. The normalized spacial score (nSPS) is 14.7. The topological polar surface area (TPSA) is 73.8 Å². The predicted octanol–water partition coefficient (Wildman–Crippen LogP) is 2.21. The summed E-state index contributed by atoms with van der Waals surface area (Å²) in [6, 6.07) is 15.6. The average Bonchev–Trinajstić information content (AvgIpc) is 2.77. The third-order valence-corrected chi connectivity index (χ3v) is 5.31. The molecule has 2 aromatic rings. The summed E-state index contributed by atoms with van der Waals surface area (Å²) in [7, 11) is 0. The molecule has 6 heteroatoms. The molecular weight excluding hydrogens is 378 g/mol. The first-order valence-corrected chi connectivity index (χ1v) is 10.8. The fourth-order valence-electron chi connectivity index (χ4n) is 3.65. The molecule has 3 N–H and O–H groups in total. The van der Waals surface area contributed by atoms with E-state index < -0.39 is 6.10 Å². The fraction of sp³-hybridized carbons (Fsp3) is 0.458. The first-order chi connectivity index (χ1) is 14.7. The number of carbonyl (C=O) groups is 1. The summed E-state index contributed by atoms with van der Waals surface area (Å²) in [4.78, 5) is 14.6. The average molecular weight is 412 g/mol. The van der Waals surface area contributed by atoms with E-state index in [0.717, 1.165) is 44.8 Å². The van der Waals surface area contributed by atoms with Gasteiger partial charge in [0, 0.05) is 31.7 Å². The van der Waals surface area contributed by atoms with Gasteiger partial charge in [0.2, 0.25) is 0 Å². The van der Waals surface area contributed by atoms with Crippen molar-refractivity contribution >= 4 is 5.91 Å². The fourth-order valence-corrected chi connectivity index (χ4v) is 3.65. The molecular formula is C24H33N3O3. The second kappa shape index (κ2) is 11.7. The molecule has 0 saturated heterocycles. The first kappa shape index (κ1) is 22.3. The highest BCUT2D eigenvalue weighted by Crippen LogP contribution is 2.18. The van der Waals surface area contributed by atoms with Crippen LogP contribution in [0.1, 0.15) is 34.8 Å². The summed E-state index contributed by atoms with van der Waals surface area (Å²) in [6.07, 6.45) is 1.34. The third-order valence-electron chi connectivity index (χ3n) is 5.31. The zero-order chi connectivity index (χ0) is 21.2. The van der Waals surface area contributed by atoms with Crippen molar-refractivity contribution in [1.29, 1.82) is 0 Å². The van der Waals surface area contributed by atoms with Crippen LogP contribution in [0.4, 0.5) is 0 Å². The zero-order valence-corrected chi connectivity index (χ0v) is 17.8. The van der Waals surface area contributed by atoms with Crippen LogP contribution in [-0.4, -0.2) is 61.3 Å². The number of fused-ring (bicyclic) bond motifs is 1. The van der Waals surface area contributed by atoms with Crippen LogP contribution >= 0.6 is 0 Å². The molecule has 3 rings (SSSR count). The lowest BCUT2D eigenvalue weighted by Gasteiger charge is -2.30. The number of ether oxygens (including phenoxy) is 1. The molecule has 1 aliphatic rings. The minimum absolute atomic E-state index is 0.184. The lowest BCUT2D eigenvalue weighted by Crippen LogP contribution is -2.42. The Bertz CT molecular complexity index is 795. The van der Waals surface area contributed by atoms with Gasteiger partial charge in [-0.3, -0.25) is 9.69 Å². The molecule has 1 heterocycles. The number of hydrogen-bond donors (Lipinski definition) is 3. The molecule has 0 fully saturated rings. The van der Waals surface area contributed by atoms with Gasteiger partial charge in [-0.05, 0) is 61.3 Å². The SMILES string of the molecule is CCNCCCOc1ccc(C(=O)NCC(O)CN2CCc3ccccc3C2)cc1. The number of nitrogens with zero attached hydrogens (tertiary/aromatic N) is 1. The van der Waals surface area contributed by atoms with Gasteiger partial charge in [-0.25, -0.2) is 0 Å². The lowest BCUT2D eigenvalue weighted by molar-refractivity contribution is 0.0842. The molecule has 162 valence electrons. The number of amides is 1. The Morgan fingerprint density at radius 3 is 2.70 bits per heavy atom. The zero-order valence-electron chi connectivity index (χ0n) is 17.8. The van der Waals surface area contributed by atoms with Crippen LogP contribution in [0.25, 0.3) is 0 Å². The van der Waals surface area contributed by atoms with E-state index in [-0.39, 0.29) is 12.5 Å². The Hall–Kier alpha value is -2.41. The van der Waals surface area contributed by atoms with E-state index in [9.17, 15) is 9.90 Å². The van der Waals surface area contributed by atoms with Crippen molar-refractivity contribution in [3.8, 4) is 5.75 Å². The van der Waals surface area contributed by atoms with Crippen LogP contribution in [0.15, 0.2) is 48.5 Å². The molecule has 0 saturated carbocycles. The van der Waals surface area contributed by atoms with Crippen molar-refractivity contribution in [2.75, 3.05) is 39.3 Å². The molecule has 0 spiro atoms. The molecule has 0 aromatic heterocycles. The number of hydrogen-bond acceptors (Lipinski definition) is 5. The van der Waals surface area contributed by atoms with E-state index in [1.54, 1.807) is 12.1 Å². The molecule has 6 nitrogen and oxygen atoms in total. The second-order valence-electron chi connectivity index (χ2n) is 7.70. The number of benzene rings is 2. The van der Waals surface area contributed by atoms with Crippen LogP contribution in [0.3, 0.4) is 0 Å². The van der Waals surface area contributed by atoms with Crippen molar-refractivity contribution in [1.82, 2.24) is 15.5 Å². The monoisotopic (exact) mass is 411 g/mol. The maximum Gasteiger partial charge on any atom is 0.251 e. The number of rotatable bonds is 11. The Morgan fingerprint density at radius 2 is 1.93 bits per heavy atom. The van der Waals surface area contributed by atoms with Crippen molar-refractivity contribution in [3.63, 3.8) is 0 Å². The predicted molar refractivity (Wildman–Crippen MR) is 119 cm³/mol. The van der Waals surface area contributed by atoms with Gasteiger partial charge < -0.3 is 20.5 Å². The van der Waals surface area contributed by atoms with E-state index >= 15 is 0 Å². The van der Waals surface area contributed by atoms with Gasteiger partial charge in [0.15, 0.2) is 0 Å². The highest BCUT2D eigenvalue weighted by Gasteiger charge is 2.19. The molecule has 0 bridgehead atoms. The van der Waals surface area contributed by atoms with E-state index in [0.29, 0.717) is 18.7 Å². The summed E-state index contributed by atoms with van der Waals surface area (Å²) in [5.74, 6) is 0.574. The quantitative estimate of drug-likeness (QED) is 0.495. The molecule has 0 radical (unpaired) electrons. The van der Waals surface area contributed by atoms with E-state index in [1.165, 1.54) is 11.1 Å². The van der Waals surface area contributed by atoms with Gasteiger partial charge >= 0.3 is 0 Å². The van der Waals surface area contributed by atoms with Crippen molar-refractivity contribution in [2.24, 2.45) is 0 Å². The van der Waals surface area contributed by atoms with Gasteiger partial charge in [0.05, 0.1) is 12.7 Å². The first-order valence-electron chi connectivity index (χ1n) is 10.8. The summed E-state index contributed by atoms with van der Waals surface area (Å²) in [5.41, 5.74) is 3.28. The Balaban J connectivity index is 1.37. The number of carbonyl (C=O) groups excluding carboxylic acids is 1. The Morgan fingerprint density at radius 1 is 1.17 bits per heavy atom. The minimum atomic E-state index is -0.599. The second-order valence-corrected chi connectivity index (χ2v) is 7.70. The molecule has 2 aromatic carbocycles. The van der Waals surface area contributed by atoms with Gasteiger partial charge in [-0.2, -0.15) is 0 Å². The van der Waals surface area contributed by atoms with Crippen LogP contribution in [-0.2, 0) is 13.0 Å². The van der Waals surface area contributed by atoms with Gasteiger partial charge in [-0.1, -0.05) is 31.2 Å². The molecule has 1 amide bonds. The van der Waals surface area contributed by atoms with Gasteiger partial charge in [-0.15, -0.1) is 0 Å². The molecule has 0 aliphatic carbocycles. The maximum absolute atomic E-state index is 12.4. The summed E-state index contributed by atoms with van der Waals surface area (Å²) in [6.45, 7) is 7.18. The van der Waals surface area contributed by atoms with Gasteiger partial charge in [0.25, 0.3) is 5.91 Å². The summed E-state index contributed by atoms with van der Waals surface area (Å²) in [5, 5.41) is 16.5. The standard InChI is InChI=1S/C24H33N3O3/c1-2-25-13-5-15-30-23-10-8-20(9-11-23)24(29)26-16-22(28)18-27-14-12-19-6-3-4-7-21(19)17-27/h3-4,6-11,22,25,28H,2,5,12-18H2,1H3,(H,26,29). The van der Waals surface area contributed by atoms with Crippen LogP contribution in [0.5, 0.6) is 5.75 Å². The number of nitrogens with one attached hydrogen (secondary N) is 2. The number of aliphatic hydroxyl groups is 1. The summed E-state index contributed by atoms with van der Waals surface area (Å²) < 4.78 is 5.68. The smallest absolute Gasteiger partial charge is 0.251 e. The minimum Gasteiger partial charge on any atom is -0.494 e. The van der Waals surface area contributed by atoms with Gasteiger partial charge in [0.1, 0.15) is 5.75 Å². The van der Waals surface area contributed by atoms with E-state index in [2.05, 4.69) is 46.7 Å². The third kappa shape index (κ3) is 6.83. The van der Waals surface area contributed by atoms with Crippen LogP contribution in [0.2, 0.25) is 0 Å². The highest BCUT2D eigenvalue weighted by molar-refractivity contribution is 5.94. The van der Waals surface area contributed by atoms with E-state index in [4.69, 9.17) is 4.74 Å². The van der Waals surface area contributed by atoms with Crippen LogP contribution in [0, 0.1) is 0 Å². The highest BCUT2D eigenvalue weighted by atomic mass is 16.5. The van der Waals surface area contributed by atoms with Crippen molar-refractivity contribution in [2.45, 2.75) is 32.4 Å². The van der Waals surface area contributed by atoms with E-state index in [1.807, 2.05) is 12.1 Å². The summed E-state index contributed by atoms with van der Waals surface area (Å²) >= 11 is 0. The lowest BCUT2D eigenvalue weighted by atomic mass is 10.00. The number of β-amino-alcohol motifs (C(OH)–C–C–N with tert-alkyl or cyclic N) is 1. The molecule has 30 heavy (non-hydrogen) atoms. The van der Waals surface area contributed by atoms with Crippen molar-refractivity contribution in [3.05, 3.63) is 65.2 Å². The van der Waals surface area contributed by atoms with Crippen molar-refractivity contribution < 1.29 is 14.6 Å². The Labute approximate surface area is 179 Å². The maximum atomic E-state index is 12.4. The molecule has 1 unspecified atom stereocenters.